The molecule has 2 aliphatic heterocycles. The van der Waals surface area contributed by atoms with Crippen molar-refractivity contribution < 1.29 is 14.3 Å². The molecule has 0 atom stereocenters. The number of amides is 2. The van der Waals surface area contributed by atoms with E-state index in [9.17, 15) is 9.59 Å². The topological polar surface area (TPSA) is 62.7 Å². The van der Waals surface area contributed by atoms with Crippen molar-refractivity contribution in [3.63, 3.8) is 0 Å². The average molecular weight is 462 g/mol. The lowest BCUT2D eigenvalue weighted by Crippen LogP contribution is -2.40. The third kappa shape index (κ3) is 6.20. The first-order chi connectivity index (χ1) is 15.1. The van der Waals surface area contributed by atoms with Crippen LogP contribution in [0.25, 0.3) is 0 Å². The van der Waals surface area contributed by atoms with Gasteiger partial charge < -0.3 is 14.5 Å². The summed E-state index contributed by atoms with van der Waals surface area (Å²) in [5.74, 6) is 1.54. The molecule has 2 aromatic rings. The largest absolute Gasteiger partial charge is 0.486 e. The van der Waals surface area contributed by atoms with Crippen LogP contribution < -0.4 is 4.74 Å². The lowest BCUT2D eigenvalue weighted by atomic mass is 9.93. The predicted octanol–water partition coefficient (Wildman–Crippen LogP) is 4.17. The van der Waals surface area contributed by atoms with Crippen LogP contribution in [0, 0.1) is 5.92 Å². The van der Waals surface area contributed by atoms with Crippen LogP contribution in [0.4, 0.5) is 0 Å². The van der Waals surface area contributed by atoms with Crippen molar-refractivity contribution in [2.24, 2.45) is 5.92 Å². The minimum absolute atomic E-state index is 0.111. The van der Waals surface area contributed by atoms with Crippen molar-refractivity contribution in [3.8, 4) is 5.75 Å². The van der Waals surface area contributed by atoms with Gasteiger partial charge in [0, 0.05) is 43.0 Å². The van der Waals surface area contributed by atoms with Crippen LogP contribution in [0.15, 0.2) is 29.6 Å². The smallest absolute Gasteiger partial charge is 0.228 e. The molecule has 4 rings (SSSR count). The molecule has 2 aliphatic rings. The summed E-state index contributed by atoms with van der Waals surface area (Å²) in [6.07, 6.45) is 5.01. The van der Waals surface area contributed by atoms with Crippen molar-refractivity contribution in [2.45, 2.75) is 45.1 Å². The van der Waals surface area contributed by atoms with E-state index in [2.05, 4.69) is 4.98 Å². The number of hydrogen-bond donors (Lipinski definition) is 0. The van der Waals surface area contributed by atoms with E-state index in [-0.39, 0.29) is 11.8 Å². The van der Waals surface area contributed by atoms with E-state index in [0.717, 1.165) is 68.3 Å². The van der Waals surface area contributed by atoms with Gasteiger partial charge in [-0.2, -0.15) is 0 Å². The maximum Gasteiger partial charge on any atom is 0.228 e. The van der Waals surface area contributed by atoms with Gasteiger partial charge in [0.25, 0.3) is 0 Å². The van der Waals surface area contributed by atoms with E-state index >= 15 is 0 Å². The van der Waals surface area contributed by atoms with Gasteiger partial charge in [0.15, 0.2) is 0 Å². The van der Waals surface area contributed by atoms with Crippen LogP contribution in [0.5, 0.6) is 5.75 Å². The fraction of sp³-hybridized carbons (Fsp3) is 0.522. The Hall–Kier alpha value is -2.12. The summed E-state index contributed by atoms with van der Waals surface area (Å²) in [5, 5.41) is 3.45. The zero-order valence-corrected chi connectivity index (χ0v) is 19.2. The number of hydrogen-bond acceptors (Lipinski definition) is 5. The van der Waals surface area contributed by atoms with E-state index in [4.69, 9.17) is 16.3 Å². The van der Waals surface area contributed by atoms with Crippen molar-refractivity contribution in [1.82, 2.24) is 14.8 Å². The van der Waals surface area contributed by atoms with Gasteiger partial charge >= 0.3 is 0 Å². The summed E-state index contributed by atoms with van der Waals surface area (Å²) in [5.41, 5.74) is 0.788. The molecule has 6 nitrogen and oxygen atoms in total. The molecular formula is C23H28ClN3O3S. The number of piperidine rings is 1. The molecule has 0 aliphatic carbocycles. The maximum atomic E-state index is 12.7. The molecule has 0 spiro atoms. The number of halogens is 1. The zero-order valence-electron chi connectivity index (χ0n) is 17.6. The minimum atomic E-state index is 0.111. The van der Waals surface area contributed by atoms with Crippen molar-refractivity contribution in [1.29, 1.82) is 0 Å². The number of carbonyl (C=O) groups is 2. The highest BCUT2D eigenvalue weighted by Crippen LogP contribution is 2.24. The average Bonchev–Trinajstić information content (AvgIpc) is 3.46. The maximum absolute atomic E-state index is 12.7. The summed E-state index contributed by atoms with van der Waals surface area (Å²) in [7, 11) is 0. The highest BCUT2D eigenvalue weighted by molar-refractivity contribution is 7.09. The monoisotopic (exact) mass is 461 g/mol. The normalized spacial score (nSPS) is 17.2. The van der Waals surface area contributed by atoms with Crippen LogP contribution >= 0.6 is 22.9 Å². The van der Waals surface area contributed by atoms with Gasteiger partial charge in [0.2, 0.25) is 11.8 Å². The summed E-state index contributed by atoms with van der Waals surface area (Å²) in [4.78, 5) is 33.5. The molecule has 2 fully saturated rings. The molecule has 0 bridgehead atoms. The second-order valence-corrected chi connectivity index (χ2v) is 9.65. The molecule has 3 heterocycles. The van der Waals surface area contributed by atoms with E-state index in [0.29, 0.717) is 30.4 Å². The highest BCUT2D eigenvalue weighted by atomic mass is 35.5. The first-order valence-electron chi connectivity index (χ1n) is 10.9. The third-order valence-corrected chi connectivity index (χ3v) is 7.12. The lowest BCUT2D eigenvalue weighted by Gasteiger charge is -2.32. The number of benzene rings is 1. The molecule has 0 unspecified atom stereocenters. The number of aromatic nitrogens is 1. The fourth-order valence-electron chi connectivity index (χ4n) is 4.17. The van der Waals surface area contributed by atoms with Crippen LogP contribution in [0.2, 0.25) is 5.02 Å². The Morgan fingerprint density at radius 2 is 1.71 bits per heavy atom. The Bertz CT molecular complexity index is 888. The number of nitrogens with zero attached hydrogens (tertiary/aromatic N) is 3. The van der Waals surface area contributed by atoms with Gasteiger partial charge in [0.1, 0.15) is 17.4 Å². The first-order valence-corrected chi connectivity index (χ1v) is 12.2. The molecule has 2 saturated heterocycles. The molecule has 166 valence electrons. The third-order valence-electron chi connectivity index (χ3n) is 6.00. The van der Waals surface area contributed by atoms with E-state index < -0.39 is 0 Å². The van der Waals surface area contributed by atoms with Gasteiger partial charge in [-0.25, -0.2) is 4.98 Å². The number of ether oxygens (including phenoxy) is 1. The predicted molar refractivity (Wildman–Crippen MR) is 121 cm³/mol. The van der Waals surface area contributed by atoms with Crippen LogP contribution in [-0.2, 0) is 22.6 Å². The number of likely N-dealkylation sites (tertiary alicyclic amines) is 2. The standard InChI is InChI=1S/C23H28ClN3O3S/c24-18-3-5-20(6-4-18)30-15-21-25-19(16-31-21)14-23(29)27-11-7-17(8-12-27)13-22(28)26-9-1-2-10-26/h3-6,16-17H,1-2,7-15H2. The number of thiazole rings is 1. The Kier molecular flexibility index (Phi) is 7.45. The summed E-state index contributed by atoms with van der Waals surface area (Å²) < 4.78 is 5.72. The second kappa shape index (κ2) is 10.5. The van der Waals surface area contributed by atoms with E-state index in [1.54, 1.807) is 12.1 Å². The highest BCUT2D eigenvalue weighted by Gasteiger charge is 2.27. The van der Waals surface area contributed by atoms with E-state index in [1.807, 2.05) is 27.3 Å². The molecule has 1 aromatic carbocycles. The molecule has 31 heavy (non-hydrogen) atoms. The quantitative estimate of drug-likeness (QED) is 0.620. The van der Waals surface area contributed by atoms with Gasteiger partial charge in [-0.1, -0.05) is 11.6 Å². The molecule has 2 amide bonds. The Morgan fingerprint density at radius 3 is 2.42 bits per heavy atom. The van der Waals surface area contributed by atoms with Crippen LogP contribution in [0.3, 0.4) is 0 Å². The Balaban J connectivity index is 1.19. The van der Waals surface area contributed by atoms with Gasteiger partial charge in [-0.3, -0.25) is 9.59 Å². The van der Waals surface area contributed by atoms with Crippen molar-refractivity contribution >= 4 is 34.8 Å². The molecule has 0 saturated carbocycles. The summed E-state index contributed by atoms with van der Waals surface area (Å²) in [6, 6.07) is 7.22. The van der Waals surface area contributed by atoms with Gasteiger partial charge in [-0.05, 0) is 55.9 Å². The first kappa shape index (κ1) is 22.1. The molecular weight excluding hydrogens is 434 g/mol. The van der Waals surface area contributed by atoms with E-state index in [1.165, 1.54) is 11.3 Å². The lowest BCUT2D eigenvalue weighted by molar-refractivity contribution is -0.133. The SMILES string of the molecule is O=C(Cc1csc(COc2ccc(Cl)cc2)n1)N1CCC(CC(=O)N2CCCC2)CC1. The van der Waals surface area contributed by atoms with Gasteiger partial charge in [0.05, 0.1) is 12.1 Å². The second-order valence-electron chi connectivity index (χ2n) is 8.27. The van der Waals surface area contributed by atoms with Crippen molar-refractivity contribution in [2.75, 3.05) is 26.2 Å². The minimum Gasteiger partial charge on any atom is -0.486 e. The molecule has 0 N–H and O–H groups in total. The molecule has 0 radical (unpaired) electrons. The zero-order chi connectivity index (χ0) is 21.6. The van der Waals surface area contributed by atoms with Crippen molar-refractivity contribution in [3.05, 3.63) is 45.4 Å². The van der Waals surface area contributed by atoms with Crippen LogP contribution in [0.1, 0.15) is 42.8 Å². The Morgan fingerprint density at radius 1 is 1.03 bits per heavy atom. The van der Waals surface area contributed by atoms with Crippen LogP contribution in [-0.4, -0.2) is 52.8 Å². The Labute approximate surface area is 192 Å². The van der Waals surface area contributed by atoms with Gasteiger partial charge in [-0.15, -0.1) is 11.3 Å². The molecule has 8 heteroatoms. The summed E-state index contributed by atoms with van der Waals surface area (Å²) in [6.45, 7) is 3.66. The number of rotatable bonds is 7. The fourth-order valence-corrected chi connectivity index (χ4v) is 5.00. The molecule has 1 aromatic heterocycles. The summed E-state index contributed by atoms with van der Waals surface area (Å²) >= 11 is 7.39. The number of carbonyl (C=O) groups excluding carboxylic acids is 2.